The van der Waals surface area contributed by atoms with Crippen molar-refractivity contribution >= 4 is 5.90 Å². The Bertz CT molecular complexity index is 780. The van der Waals surface area contributed by atoms with Crippen molar-refractivity contribution in [3.05, 3.63) is 36.7 Å². The monoisotopic (exact) mass is 283 g/mol. The van der Waals surface area contributed by atoms with Gasteiger partial charge in [-0.05, 0) is 12.1 Å². The molecule has 1 aliphatic rings. The molecule has 0 unspecified atom stereocenters. The van der Waals surface area contributed by atoms with Crippen molar-refractivity contribution in [2.24, 2.45) is 4.99 Å². The second-order valence-corrected chi connectivity index (χ2v) is 4.18. The number of aromatic nitrogens is 4. The summed E-state index contributed by atoms with van der Waals surface area (Å²) >= 11 is 0. The summed E-state index contributed by atoms with van der Waals surface area (Å²) in [5.74, 6) is 1.40. The van der Waals surface area contributed by atoms with Gasteiger partial charge in [0, 0.05) is 6.20 Å². The molecule has 0 atom stereocenters. The number of aliphatic imine (C=N–C) groups is 1. The molecule has 8 heteroatoms. The molecule has 3 aromatic heterocycles. The largest absolute Gasteiger partial charge is 0.472 e. The van der Waals surface area contributed by atoms with E-state index in [1.807, 2.05) is 0 Å². The molecule has 4 heterocycles. The van der Waals surface area contributed by atoms with Gasteiger partial charge in [-0.15, -0.1) is 5.10 Å². The Kier molecular flexibility index (Phi) is 2.70. The molecule has 1 aliphatic heterocycles. The van der Waals surface area contributed by atoms with Crippen LogP contribution in [-0.4, -0.2) is 39.2 Å². The molecule has 0 aromatic carbocycles. The van der Waals surface area contributed by atoms with Gasteiger partial charge in [0.05, 0.1) is 12.7 Å². The summed E-state index contributed by atoms with van der Waals surface area (Å²) in [7, 11) is 0. The summed E-state index contributed by atoms with van der Waals surface area (Å²) in [6.45, 7) is 1.11. The van der Waals surface area contributed by atoms with Crippen molar-refractivity contribution in [2.75, 3.05) is 13.2 Å². The fraction of sp³-hybridized carbons (Fsp3) is 0.154. The Hall–Kier alpha value is -3.03. The van der Waals surface area contributed by atoms with Crippen molar-refractivity contribution in [1.82, 2.24) is 20.2 Å². The highest BCUT2D eigenvalue weighted by atomic mass is 16.5. The average Bonchev–Trinajstić information content (AvgIpc) is 3.27. The highest BCUT2D eigenvalue weighted by molar-refractivity contribution is 5.92. The van der Waals surface area contributed by atoms with Crippen LogP contribution < -0.4 is 0 Å². The number of nitrogens with zero attached hydrogens (tertiary/aromatic N) is 5. The number of hydrogen-bond acceptors (Lipinski definition) is 8. The third kappa shape index (κ3) is 2.06. The van der Waals surface area contributed by atoms with Crippen LogP contribution in [0, 0.1) is 0 Å². The van der Waals surface area contributed by atoms with Crippen LogP contribution in [0.25, 0.3) is 23.0 Å². The van der Waals surface area contributed by atoms with Gasteiger partial charge in [0.1, 0.15) is 18.6 Å². The quantitative estimate of drug-likeness (QED) is 0.719. The van der Waals surface area contributed by atoms with Crippen LogP contribution in [-0.2, 0) is 4.74 Å². The van der Waals surface area contributed by atoms with E-state index in [2.05, 4.69) is 25.2 Å². The van der Waals surface area contributed by atoms with E-state index in [9.17, 15) is 0 Å². The van der Waals surface area contributed by atoms with Gasteiger partial charge in [-0.2, -0.15) is 10.1 Å². The first-order valence-corrected chi connectivity index (χ1v) is 6.28. The van der Waals surface area contributed by atoms with Crippen molar-refractivity contribution < 1.29 is 13.6 Å². The first kappa shape index (κ1) is 11.8. The number of rotatable bonds is 3. The molecule has 0 saturated carbocycles. The molecular weight excluding hydrogens is 274 g/mol. The standard InChI is InChI=1S/C13H9N5O3/c1-2-8(18-16-3-1)10-9(11-14-4-6-19-11)17-13(21-10)12-15-5-7-20-12/h1-4,6H,5,7H2. The topological polar surface area (TPSA) is 99.4 Å². The Balaban J connectivity index is 1.87. The van der Waals surface area contributed by atoms with Crippen LogP contribution in [0.5, 0.6) is 0 Å². The van der Waals surface area contributed by atoms with Crippen molar-refractivity contribution in [2.45, 2.75) is 0 Å². The number of ether oxygens (including phenoxy) is 1. The summed E-state index contributed by atoms with van der Waals surface area (Å²) in [6.07, 6.45) is 4.58. The minimum atomic E-state index is 0.279. The number of oxazole rings is 2. The lowest BCUT2D eigenvalue weighted by molar-refractivity contribution is 0.337. The zero-order chi connectivity index (χ0) is 14.1. The summed E-state index contributed by atoms with van der Waals surface area (Å²) in [6, 6.07) is 3.52. The van der Waals surface area contributed by atoms with Gasteiger partial charge >= 0.3 is 0 Å². The molecule has 3 aromatic rings. The predicted molar refractivity (Wildman–Crippen MR) is 70.4 cm³/mol. The molecule has 21 heavy (non-hydrogen) atoms. The summed E-state index contributed by atoms with van der Waals surface area (Å²) in [5, 5.41) is 7.87. The fourth-order valence-corrected chi connectivity index (χ4v) is 1.96. The van der Waals surface area contributed by atoms with Gasteiger partial charge in [0.2, 0.25) is 5.89 Å². The van der Waals surface area contributed by atoms with E-state index in [4.69, 9.17) is 13.6 Å². The Morgan fingerprint density at radius 1 is 1.14 bits per heavy atom. The lowest BCUT2D eigenvalue weighted by Crippen LogP contribution is -2.01. The maximum atomic E-state index is 5.74. The second-order valence-electron chi connectivity index (χ2n) is 4.18. The van der Waals surface area contributed by atoms with Crippen LogP contribution in [0.15, 0.2) is 44.6 Å². The first-order chi connectivity index (χ1) is 10.4. The van der Waals surface area contributed by atoms with Crippen LogP contribution in [0.1, 0.15) is 5.89 Å². The summed E-state index contributed by atoms with van der Waals surface area (Å²) < 4.78 is 16.4. The zero-order valence-corrected chi connectivity index (χ0v) is 10.8. The molecule has 0 N–H and O–H groups in total. The highest BCUT2D eigenvalue weighted by Gasteiger charge is 2.25. The molecule has 0 radical (unpaired) electrons. The lowest BCUT2D eigenvalue weighted by Gasteiger charge is -1.95. The second kappa shape index (κ2) is 4.82. The number of hydrogen-bond donors (Lipinski definition) is 0. The predicted octanol–water partition coefficient (Wildman–Crippen LogP) is 1.56. The van der Waals surface area contributed by atoms with Crippen LogP contribution in [0.4, 0.5) is 0 Å². The smallest absolute Gasteiger partial charge is 0.284 e. The molecule has 0 saturated heterocycles. The van der Waals surface area contributed by atoms with E-state index in [1.165, 1.54) is 12.5 Å². The Morgan fingerprint density at radius 2 is 2.14 bits per heavy atom. The minimum Gasteiger partial charge on any atom is -0.472 e. The van der Waals surface area contributed by atoms with Crippen LogP contribution >= 0.6 is 0 Å². The van der Waals surface area contributed by atoms with Crippen molar-refractivity contribution in [1.29, 1.82) is 0 Å². The average molecular weight is 283 g/mol. The van der Waals surface area contributed by atoms with Crippen LogP contribution in [0.3, 0.4) is 0 Å². The fourth-order valence-electron chi connectivity index (χ4n) is 1.96. The molecule has 0 bridgehead atoms. The van der Waals surface area contributed by atoms with E-state index >= 15 is 0 Å². The van der Waals surface area contributed by atoms with Gasteiger partial charge in [-0.25, -0.2) is 9.98 Å². The van der Waals surface area contributed by atoms with E-state index in [-0.39, 0.29) is 5.89 Å². The van der Waals surface area contributed by atoms with Crippen LogP contribution in [0.2, 0.25) is 0 Å². The van der Waals surface area contributed by atoms with E-state index < -0.39 is 0 Å². The lowest BCUT2D eigenvalue weighted by atomic mass is 10.2. The van der Waals surface area contributed by atoms with Gasteiger partial charge in [-0.3, -0.25) is 0 Å². The normalized spacial score (nSPS) is 14.0. The SMILES string of the molecule is c1cnnc(-c2oc(C3=NCCO3)nc2-c2ncco2)c1. The molecule has 8 nitrogen and oxygen atoms in total. The van der Waals surface area contributed by atoms with E-state index in [0.717, 1.165) is 0 Å². The first-order valence-electron chi connectivity index (χ1n) is 6.28. The van der Waals surface area contributed by atoms with Gasteiger partial charge in [-0.1, -0.05) is 0 Å². The van der Waals surface area contributed by atoms with Crippen molar-refractivity contribution in [3.8, 4) is 23.0 Å². The zero-order valence-electron chi connectivity index (χ0n) is 10.8. The minimum absolute atomic E-state index is 0.279. The van der Waals surface area contributed by atoms with Gasteiger partial charge < -0.3 is 13.6 Å². The summed E-state index contributed by atoms with van der Waals surface area (Å²) in [4.78, 5) is 12.6. The molecule has 0 aliphatic carbocycles. The molecule has 0 fully saturated rings. The Morgan fingerprint density at radius 3 is 2.86 bits per heavy atom. The van der Waals surface area contributed by atoms with E-state index in [0.29, 0.717) is 42.1 Å². The molecule has 4 rings (SSSR count). The highest BCUT2D eigenvalue weighted by Crippen LogP contribution is 2.30. The maximum absolute atomic E-state index is 5.74. The Labute approximate surface area is 118 Å². The summed E-state index contributed by atoms with van der Waals surface area (Å²) in [5.41, 5.74) is 0.969. The molecule has 104 valence electrons. The molecule has 0 spiro atoms. The van der Waals surface area contributed by atoms with Gasteiger partial charge in [0.15, 0.2) is 11.5 Å². The molecular formula is C13H9N5O3. The third-order valence-corrected chi connectivity index (χ3v) is 2.84. The molecule has 0 amide bonds. The third-order valence-electron chi connectivity index (χ3n) is 2.84. The van der Waals surface area contributed by atoms with Crippen molar-refractivity contribution in [3.63, 3.8) is 0 Å². The van der Waals surface area contributed by atoms with Gasteiger partial charge in [0.25, 0.3) is 11.8 Å². The maximum Gasteiger partial charge on any atom is 0.284 e. The van der Waals surface area contributed by atoms with E-state index in [1.54, 1.807) is 18.3 Å².